The van der Waals surface area contributed by atoms with E-state index in [1.54, 1.807) is 5.06 Å². The Kier molecular flexibility index (Phi) is 3.38. The molecule has 1 heterocycles. The van der Waals surface area contributed by atoms with E-state index in [0.717, 1.165) is 10.0 Å². The number of hydrogen-bond acceptors (Lipinski definition) is 3. The van der Waals surface area contributed by atoms with E-state index in [9.17, 15) is 0 Å². The summed E-state index contributed by atoms with van der Waals surface area (Å²) < 4.78 is 0.992. The predicted molar refractivity (Wildman–Crippen MR) is 68.5 cm³/mol. The van der Waals surface area contributed by atoms with Gasteiger partial charge in [-0.05, 0) is 24.6 Å². The molecule has 0 spiro atoms. The first-order valence-electron chi connectivity index (χ1n) is 5.09. The molecule has 1 atom stereocenters. The summed E-state index contributed by atoms with van der Waals surface area (Å²) in [6.07, 6.45) is 0. The van der Waals surface area contributed by atoms with Crippen LogP contribution < -0.4 is 0 Å². The molecule has 0 saturated carbocycles. The minimum Gasteiger partial charge on any atom is -0.405 e. The molecule has 0 N–H and O–H groups in total. The van der Waals surface area contributed by atoms with Gasteiger partial charge in [-0.3, -0.25) is 0 Å². The smallest absolute Gasteiger partial charge is 0.161 e. The van der Waals surface area contributed by atoms with Crippen LogP contribution in [0.1, 0.15) is 12.5 Å². The normalized spacial score (nSPS) is 20.1. The van der Waals surface area contributed by atoms with Crippen LogP contribution in [0.4, 0.5) is 0 Å². The van der Waals surface area contributed by atoms with Crippen molar-refractivity contribution >= 4 is 21.7 Å². The lowest BCUT2D eigenvalue weighted by molar-refractivity contribution is -0.0614. The summed E-state index contributed by atoms with van der Waals surface area (Å²) >= 11 is 3.37. The number of nitrogens with zero attached hydrogens (tertiary/aromatic N) is 4. The summed E-state index contributed by atoms with van der Waals surface area (Å²) in [7, 11) is 1.81. The monoisotopic (exact) mass is 294 g/mol. The average Bonchev–Trinajstić information content (AvgIpc) is 2.59. The molecule has 0 aliphatic carbocycles. The summed E-state index contributed by atoms with van der Waals surface area (Å²) in [5.74, 6) is 0.616. The minimum atomic E-state index is -0.0513. The predicted octanol–water partition coefficient (Wildman–Crippen LogP) is 3.69. The Morgan fingerprint density at radius 1 is 1.41 bits per heavy atom. The third-order valence-electron chi connectivity index (χ3n) is 2.67. The van der Waals surface area contributed by atoms with Gasteiger partial charge in [-0.15, -0.1) is 5.06 Å². The maximum absolute atomic E-state index is 8.58. The summed E-state index contributed by atoms with van der Waals surface area (Å²) in [6.45, 7) is 1.93. The molecule has 17 heavy (non-hydrogen) atoms. The molecule has 0 amide bonds. The Morgan fingerprint density at radius 2 is 2.06 bits per heavy atom. The second-order valence-corrected chi connectivity index (χ2v) is 4.64. The minimum absolute atomic E-state index is 0.0513. The van der Waals surface area contributed by atoms with E-state index in [1.807, 2.05) is 38.2 Å². The standard InChI is InChI=1S/C11H11BrN4O/c1-7-10(14-15-13)11(17-16(7)2)8-3-5-9(12)6-4-8/h3-7H,1-2H3. The number of halogens is 1. The van der Waals surface area contributed by atoms with Crippen molar-refractivity contribution in [1.82, 2.24) is 5.06 Å². The lowest BCUT2D eigenvalue weighted by Gasteiger charge is -2.14. The van der Waals surface area contributed by atoms with Crippen molar-refractivity contribution in [2.24, 2.45) is 5.11 Å². The first-order valence-corrected chi connectivity index (χ1v) is 5.89. The number of rotatable bonds is 2. The van der Waals surface area contributed by atoms with E-state index in [4.69, 9.17) is 10.4 Å². The van der Waals surface area contributed by atoms with Gasteiger partial charge in [-0.1, -0.05) is 33.2 Å². The maximum Gasteiger partial charge on any atom is 0.161 e. The topological polar surface area (TPSA) is 61.2 Å². The lowest BCUT2D eigenvalue weighted by atomic mass is 10.1. The highest BCUT2D eigenvalue weighted by Gasteiger charge is 2.29. The Labute approximate surface area is 107 Å². The highest BCUT2D eigenvalue weighted by molar-refractivity contribution is 9.10. The van der Waals surface area contributed by atoms with Gasteiger partial charge < -0.3 is 4.84 Å². The molecule has 1 aromatic carbocycles. The molecule has 6 heteroatoms. The molecule has 2 rings (SSSR count). The first kappa shape index (κ1) is 12.0. The summed E-state index contributed by atoms with van der Waals surface area (Å²) in [5, 5.41) is 5.39. The Morgan fingerprint density at radius 3 is 2.65 bits per heavy atom. The van der Waals surface area contributed by atoms with Gasteiger partial charge in [0.2, 0.25) is 0 Å². The zero-order valence-corrected chi connectivity index (χ0v) is 11.0. The van der Waals surface area contributed by atoms with Crippen molar-refractivity contribution in [3.05, 3.63) is 50.4 Å². The van der Waals surface area contributed by atoms with E-state index < -0.39 is 0 Å². The van der Waals surface area contributed by atoms with Gasteiger partial charge in [-0.25, -0.2) is 0 Å². The van der Waals surface area contributed by atoms with E-state index >= 15 is 0 Å². The number of hydrogen-bond donors (Lipinski definition) is 0. The molecular weight excluding hydrogens is 284 g/mol. The molecule has 1 unspecified atom stereocenters. The second kappa shape index (κ2) is 4.79. The van der Waals surface area contributed by atoms with Gasteiger partial charge in [0.05, 0.1) is 11.7 Å². The third-order valence-corrected chi connectivity index (χ3v) is 3.20. The molecule has 1 aliphatic rings. The zero-order chi connectivity index (χ0) is 12.4. The van der Waals surface area contributed by atoms with Gasteiger partial charge in [0.15, 0.2) is 5.76 Å². The van der Waals surface area contributed by atoms with E-state index in [2.05, 4.69) is 26.0 Å². The largest absolute Gasteiger partial charge is 0.405 e. The molecule has 88 valence electrons. The van der Waals surface area contributed by atoms with Crippen LogP contribution >= 0.6 is 15.9 Å². The van der Waals surface area contributed by atoms with Crippen LogP contribution in [0.15, 0.2) is 39.5 Å². The molecule has 1 aromatic rings. The fourth-order valence-electron chi connectivity index (χ4n) is 1.61. The number of benzene rings is 1. The van der Waals surface area contributed by atoms with Crippen LogP contribution in [0.3, 0.4) is 0 Å². The van der Waals surface area contributed by atoms with Crippen molar-refractivity contribution in [2.45, 2.75) is 13.0 Å². The zero-order valence-electron chi connectivity index (χ0n) is 9.46. The molecule has 0 fully saturated rings. The number of likely N-dealkylation sites (N-methyl/N-ethyl adjacent to an activating group) is 1. The summed E-state index contributed by atoms with van der Waals surface area (Å²) in [6, 6.07) is 7.62. The van der Waals surface area contributed by atoms with Crippen molar-refractivity contribution in [3.63, 3.8) is 0 Å². The highest BCUT2D eigenvalue weighted by atomic mass is 79.9. The molecule has 5 nitrogen and oxygen atoms in total. The SMILES string of the molecule is CC1C(N=[N+]=[N-])=C(c2ccc(Br)cc2)ON1C. The Balaban J connectivity index is 2.47. The van der Waals surface area contributed by atoms with Gasteiger partial charge in [0.1, 0.15) is 0 Å². The van der Waals surface area contributed by atoms with Crippen molar-refractivity contribution in [3.8, 4) is 0 Å². The molecule has 0 bridgehead atoms. The van der Waals surface area contributed by atoms with Crippen molar-refractivity contribution in [2.75, 3.05) is 7.05 Å². The average molecular weight is 295 g/mol. The molecule has 0 aromatic heterocycles. The maximum atomic E-state index is 8.58. The van der Waals surface area contributed by atoms with E-state index in [0.29, 0.717) is 11.5 Å². The fourth-order valence-corrected chi connectivity index (χ4v) is 1.88. The van der Waals surface area contributed by atoms with Crippen LogP contribution in [-0.2, 0) is 4.84 Å². The third kappa shape index (κ3) is 2.29. The van der Waals surface area contributed by atoms with Crippen molar-refractivity contribution in [1.29, 1.82) is 0 Å². The van der Waals surface area contributed by atoms with Crippen LogP contribution in [0.2, 0.25) is 0 Å². The molecule has 0 radical (unpaired) electrons. The highest BCUT2D eigenvalue weighted by Crippen LogP contribution is 2.33. The van der Waals surface area contributed by atoms with Gasteiger partial charge in [0, 0.05) is 22.0 Å². The fraction of sp³-hybridized carbons (Fsp3) is 0.273. The number of hydroxylamine groups is 2. The van der Waals surface area contributed by atoms with E-state index in [-0.39, 0.29) is 6.04 Å². The van der Waals surface area contributed by atoms with Gasteiger partial charge >= 0.3 is 0 Å². The van der Waals surface area contributed by atoms with Crippen LogP contribution in [0, 0.1) is 0 Å². The summed E-state index contributed by atoms with van der Waals surface area (Å²) in [5.41, 5.74) is 10.1. The van der Waals surface area contributed by atoms with Gasteiger partial charge in [0.25, 0.3) is 0 Å². The summed E-state index contributed by atoms with van der Waals surface area (Å²) in [4.78, 5) is 8.44. The quantitative estimate of drug-likeness (QED) is 0.474. The van der Waals surface area contributed by atoms with Crippen molar-refractivity contribution < 1.29 is 4.84 Å². The lowest BCUT2D eigenvalue weighted by Crippen LogP contribution is -2.22. The van der Waals surface area contributed by atoms with E-state index in [1.165, 1.54) is 0 Å². The molecular formula is C11H11BrN4O. The number of azide groups is 1. The molecule has 0 saturated heterocycles. The first-order chi connectivity index (χ1) is 8.13. The molecule has 1 aliphatic heterocycles. The second-order valence-electron chi connectivity index (χ2n) is 3.72. The Bertz CT molecular complexity index is 505. The van der Waals surface area contributed by atoms with Crippen LogP contribution in [0.5, 0.6) is 0 Å². The van der Waals surface area contributed by atoms with Crippen LogP contribution in [0.25, 0.3) is 16.2 Å². The Hall–Kier alpha value is -1.49. The van der Waals surface area contributed by atoms with Gasteiger partial charge in [-0.2, -0.15) is 0 Å². The van der Waals surface area contributed by atoms with Crippen LogP contribution in [-0.4, -0.2) is 18.2 Å².